The molecule has 1 saturated carbocycles. The van der Waals surface area contributed by atoms with Gasteiger partial charge in [-0.2, -0.15) is 0 Å². The maximum atomic E-state index is 13.6. The summed E-state index contributed by atoms with van der Waals surface area (Å²) in [5, 5.41) is 0.148. The van der Waals surface area contributed by atoms with Crippen LogP contribution in [0, 0.1) is 11.7 Å². The second kappa shape index (κ2) is 5.53. The molecule has 1 aromatic heterocycles. The number of nitrogens with zero attached hydrogens (tertiary/aromatic N) is 2. The molecule has 108 valence electrons. The molecule has 0 aliphatic heterocycles. The third kappa shape index (κ3) is 2.66. The molecule has 5 heteroatoms. The number of hydrogen-bond acceptors (Lipinski definition) is 1. The highest BCUT2D eigenvalue weighted by Gasteiger charge is 2.26. The van der Waals surface area contributed by atoms with Gasteiger partial charge in [-0.15, -0.1) is 11.6 Å². The molecule has 1 heterocycles. The van der Waals surface area contributed by atoms with Crippen molar-refractivity contribution in [1.29, 1.82) is 0 Å². The Morgan fingerprint density at radius 2 is 2.20 bits per heavy atom. The van der Waals surface area contributed by atoms with E-state index in [0.29, 0.717) is 23.9 Å². The number of rotatable bonds is 5. The van der Waals surface area contributed by atoms with Crippen molar-refractivity contribution < 1.29 is 4.39 Å². The molecule has 1 atom stereocenters. The summed E-state index contributed by atoms with van der Waals surface area (Å²) >= 11 is 11.8. The Morgan fingerprint density at radius 3 is 2.85 bits per heavy atom. The van der Waals surface area contributed by atoms with Crippen molar-refractivity contribution in [3.63, 3.8) is 0 Å². The molecule has 0 spiro atoms. The number of aryl methyl sites for hydroxylation is 1. The summed E-state index contributed by atoms with van der Waals surface area (Å²) < 4.78 is 15.8. The van der Waals surface area contributed by atoms with Gasteiger partial charge in [-0.3, -0.25) is 0 Å². The number of aromatic nitrogens is 2. The van der Waals surface area contributed by atoms with E-state index in [-0.39, 0.29) is 5.02 Å². The molecule has 2 nitrogen and oxygen atoms in total. The van der Waals surface area contributed by atoms with Gasteiger partial charge < -0.3 is 4.57 Å². The molecule has 1 aliphatic carbocycles. The fourth-order valence-electron chi connectivity index (χ4n) is 2.83. The third-order valence-electron chi connectivity index (χ3n) is 3.93. The lowest BCUT2D eigenvalue weighted by atomic mass is 10.1. The van der Waals surface area contributed by atoms with Crippen molar-refractivity contribution in [2.75, 3.05) is 5.88 Å². The summed E-state index contributed by atoms with van der Waals surface area (Å²) in [6.45, 7) is 2.19. The summed E-state index contributed by atoms with van der Waals surface area (Å²) in [4.78, 5) is 4.53. The summed E-state index contributed by atoms with van der Waals surface area (Å²) in [6, 6.07) is 3.43. The quantitative estimate of drug-likeness (QED) is 0.712. The first-order valence-corrected chi connectivity index (χ1v) is 7.93. The van der Waals surface area contributed by atoms with Crippen molar-refractivity contribution in [2.45, 2.75) is 38.6 Å². The van der Waals surface area contributed by atoms with Crippen molar-refractivity contribution in [3.05, 3.63) is 28.8 Å². The fraction of sp³-hybridized carbons (Fsp3) is 0.533. The number of benzene rings is 1. The zero-order valence-electron chi connectivity index (χ0n) is 11.4. The van der Waals surface area contributed by atoms with Crippen LogP contribution in [-0.2, 0) is 6.42 Å². The first-order valence-electron chi connectivity index (χ1n) is 7.02. The first-order chi connectivity index (χ1) is 9.60. The Morgan fingerprint density at radius 1 is 1.45 bits per heavy atom. The second-order valence-corrected chi connectivity index (χ2v) is 6.41. The number of halogens is 3. The lowest BCUT2D eigenvalue weighted by Crippen LogP contribution is -2.10. The van der Waals surface area contributed by atoms with Gasteiger partial charge >= 0.3 is 0 Å². The Balaban J connectivity index is 2.08. The van der Waals surface area contributed by atoms with Gasteiger partial charge in [0.25, 0.3) is 0 Å². The zero-order chi connectivity index (χ0) is 14.3. The number of imidazole rings is 1. The minimum Gasteiger partial charge on any atom is -0.325 e. The van der Waals surface area contributed by atoms with Crippen LogP contribution in [0.4, 0.5) is 4.39 Å². The van der Waals surface area contributed by atoms with Crippen LogP contribution in [0.1, 0.15) is 38.1 Å². The normalized spacial score (nSPS) is 16.8. The van der Waals surface area contributed by atoms with E-state index in [1.54, 1.807) is 6.07 Å². The molecular formula is C15H17Cl2FN2. The molecule has 0 bridgehead atoms. The highest BCUT2D eigenvalue weighted by Crippen LogP contribution is 2.38. The van der Waals surface area contributed by atoms with Crippen LogP contribution >= 0.6 is 23.2 Å². The summed E-state index contributed by atoms with van der Waals surface area (Å²) in [7, 11) is 0. The monoisotopic (exact) mass is 314 g/mol. The van der Waals surface area contributed by atoms with Crippen LogP contribution in [0.15, 0.2) is 12.1 Å². The van der Waals surface area contributed by atoms with E-state index in [9.17, 15) is 4.39 Å². The van der Waals surface area contributed by atoms with Gasteiger partial charge in [0.15, 0.2) is 0 Å². The van der Waals surface area contributed by atoms with Crippen molar-refractivity contribution in [3.8, 4) is 0 Å². The van der Waals surface area contributed by atoms with E-state index in [0.717, 1.165) is 23.7 Å². The minimum atomic E-state index is -0.420. The van der Waals surface area contributed by atoms with E-state index in [2.05, 4.69) is 16.5 Å². The Hall–Kier alpha value is -0.800. The average Bonchev–Trinajstić information content (AvgIpc) is 3.13. The highest BCUT2D eigenvalue weighted by atomic mass is 35.5. The largest absolute Gasteiger partial charge is 0.325 e. The second-order valence-electron chi connectivity index (χ2n) is 5.62. The van der Waals surface area contributed by atoms with Crippen molar-refractivity contribution >= 4 is 34.2 Å². The van der Waals surface area contributed by atoms with E-state index >= 15 is 0 Å². The molecule has 0 radical (unpaired) electrons. The van der Waals surface area contributed by atoms with E-state index in [1.165, 1.54) is 18.9 Å². The molecule has 1 unspecified atom stereocenters. The van der Waals surface area contributed by atoms with Gasteiger partial charge in [0.1, 0.15) is 11.6 Å². The van der Waals surface area contributed by atoms with Gasteiger partial charge in [-0.05, 0) is 25.3 Å². The Bertz CT molecular complexity index is 634. The summed E-state index contributed by atoms with van der Waals surface area (Å²) in [5.41, 5.74) is 1.57. The molecule has 1 fully saturated rings. The molecule has 0 saturated heterocycles. The lowest BCUT2D eigenvalue weighted by Gasteiger charge is -2.17. The van der Waals surface area contributed by atoms with Crippen LogP contribution < -0.4 is 0 Å². The van der Waals surface area contributed by atoms with E-state index in [4.69, 9.17) is 23.2 Å². The molecule has 1 aliphatic rings. The predicted octanol–water partition coefficient (Wildman–Crippen LogP) is 4.97. The summed E-state index contributed by atoms with van der Waals surface area (Å²) in [5.74, 6) is 1.83. The van der Waals surface area contributed by atoms with E-state index in [1.807, 2.05) is 0 Å². The number of fused-ring (bicyclic) bond motifs is 1. The Labute approximate surface area is 127 Å². The number of alkyl halides is 1. The van der Waals surface area contributed by atoms with Gasteiger partial charge in [-0.1, -0.05) is 24.4 Å². The summed E-state index contributed by atoms with van der Waals surface area (Å²) in [6.07, 6.45) is 4.45. The smallest absolute Gasteiger partial charge is 0.144 e. The Kier molecular flexibility index (Phi) is 3.91. The standard InChI is InChI=1S/C15H17Cl2FN2/c1-9(6-10-2-3-10)20-14-7-11(17)12(18)8-13(14)19-15(20)4-5-16/h7-10H,2-6H2,1H3. The van der Waals surface area contributed by atoms with Crippen molar-refractivity contribution in [2.24, 2.45) is 5.92 Å². The van der Waals surface area contributed by atoms with Gasteiger partial charge in [-0.25, -0.2) is 9.37 Å². The predicted molar refractivity (Wildman–Crippen MR) is 81.2 cm³/mol. The molecule has 20 heavy (non-hydrogen) atoms. The van der Waals surface area contributed by atoms with Gasteiger partial charge in [0.2, 0.25) is 0 Å². The minimum absolute atomic E-state index is 0.148. The maximum absolute atomic E-state index is 13.6. The first kappa shape index (κ1) is 14.2. The van der Waals surface area contributed by atoms with Crippen LogP contribution in [0.25, 0.3) is 11.0 Å². The van der Waals surface area contributed by atoms with Gasteiger partial charge in [0.05, 0.1) is 16.1 Å². The molecule has 3 rings (SSSR count). The van der Waals surface area contributed by atoms with Crippen LogP contribution in [0.3, 0.4) is 0 Å². The SMILES string of the molecule is CC(CC1CC1)n1c(CCCl)nc2cc(F)c(Cl)cc21. The third-order valence-corrected chi connectivity index (χ3v) is 4.41. The highest BCUT2D eigenvalue weighted by molar-refractivity contribution is 6.31. The van der Waals surface area contributed by atoms with Crippen LogP contribution in [-0.4, -0.2) is 15.4 Å². The zero-order valence-corrected chi connectivity index (χ0v) is 12.9. The topological polar surface area (TPSA) is 17.8 Å². The maximum Gasteiger partial charge on any atom is 0.144 e. The van der Waals surface area contributed by atoms with Crippen LogP contribution in [0.5, 0.6) is 0 Å². The fourth-order valence-corrected chi connectivity index (χ4v) is 3.16. The van der Waals surface area contributed by atoms with Crippen LogP contribution in [0.2, 0.25) is 5.02 Å². The van der Waals surface area contributed by atoms with Gasteiger partial charge in [0, 0.05) is 24.4 Å². The number of hydrogen-bond donors (Lipinski definition) is 0. The molecule has 0 N–H and O–H groups in total. The molecule has 2 aromatic rings. The molecular weight excluding hydrogens is 298 g/mol. The van der Waals surface area contributed by atoms with E-state index < -0.39 is 5.82 Å². The molecule has 1 aromatic carbocycles. The van der Waals surface area contributed by atoms with Crippen molar-refractivity contribution in [1.82, 2.24) is 9.55 Å². The molecule has 0 amide bonds. The lowest BCUT2D eigenvalue weighted by molar-refractivity contribution is 0.473. The average molecular weight is 315 g/mol.